The zero-order valence-corrected chi connectivity index (χ0v) is 32.2. The van der Waals surface area contributed by atoms with Crippen LogP contribution in [0.5, 0.6) is 5.75 Å². The summed E-state index contributed by atoms with van der Waals surface area (Å²) in [7, 11) is 1.20. The predicted molar refractivity (Wildman–Crippen MR) is 199 cm³/mol. The lowest BCUT2D eigenvalue weighted by Gasteiger charge is -2.27. The van der Waals surface area contributed by atoms with Crippen LogP contribution in [-0.4, -0.2) is 72.6 Å². The Hall–Kier alpha value is -5.14. The van der Waals surface area contributed by atoms with E-state index in [0.717, 1.165) is 5.56 Å². The Balaban J connectivity index is 2.39. The first-order valence-corrected chi connectivity index (χ1v) is 17.9. The van der Waals surface area contributed by atoms with Gasteiger partial charge in [0.05, 0.1) is 7.11 Å². The molecule has 0 aliphatic rings. The largest absolute Gasteiger partial charge is 0.489 e. The molecule has 0 aliphatic carbocycles. The highest BCUT2D eigenvalue weighted by atomic mass is 16.6. The molecule has 0 saturated carbocycles. The average molecular weight is 740 g/mol. The molecule has 0 unspecified atom stereocenters. The third kappa shape index (κ3) is 17.3. The summed E-state index contributed by atoms with van der Waals surface area (Å²) >= 11 is 0. The fourth-order valence-corrected chi connectivity index (χ4v) is 5.26. The van der Waals surface area contributed by atoms with E-state index >= 15 is 0 Å². The van der Waals surface area contributed by atoms with E-state index in [4.69, 9.17) is 19.9 Å². The van der Waals surface area contributed by atoms with E-state index < -0.39 is 65.5 Å². The van der Waals surface area contributed by atoms with Crippen LogP contribution < -0.4 is 31.7 Å². The van der Waals surface area contributed by atoms with E-state index in [2.05, 4.69) is 21.3 Å². The predicted octanol–water partition coefficient (Wildman–Crippen LogP) is 3.69. The number of carbonyl (C=O) groups excluding carboxylic acids is 6. The number of ether oxygens (including phenoxy) is 3. The van der Waals surface area contributed by atoms with Crippen LogP contribution in [0.4, 0.5) is 4.79 Å². The third-order valence-electron chi connectivity index (χ3n) is 7.78. The van der Waals surface area contributed by atoms with E-state index in [1.807, 2.05) is 58.0 Å². The minimum atomic E-state index is -1.30. The lowest BCUT2D eigenvalue weighted by Crippen LogP contribution is -2.58. The molecule has 6 N–H and O–H groups in total. The molecule has 292 valence electrons. The molecule has 14 heteroatoms. The molecule has 0 fully saturated rings. The van der Waals surface area contributed by atoms with Crippen LogP contribution >= 0.6 is 0 Å². The first-order chi connectivity index (χ1) is 24.9. The second kappa shape index (κ2) is 21.4. The molecule has 0 radical (unpaired) electrons. The fraction of sp³-hybridized carbons (Fsp3) is 0.538. The molecule has 0 aromatic heterocycles. The van der Waals surface area contributed by atoms with E-state index in [0.29, 0.717) is 17.9 Å². The minimum Gasteiger partial charge on any atom is -0.489 e. The van der Waals surface area contributed by atoms with Crippen LogP contribution in [0.3, 0.4) is 0 Å². The maximum atomic E-state index is 14.0. The fourth-order valence-electron chi connectivity index (χ4n) is 5.26. The summed E-state index contributed by atoms with van der Waals surface area (Å²) < 4.78 is 16.1. The number of primary amides is 1. The third-order valence-corrected chi connectivity index (χ3v) is 7.78. The van der Waals surface area contributed by atoms with Gasteiger partial charge in [0.15, 0.2) is 0 Å². The van der Waals surface area contributed by atoms with Crippen molar-refractivity contribution in [1.29, 1.82) is 0 Å². The van der Waals surface area contributed by atoms with Crippen LogP contribution in [-0.2, 0) is 46.5 Å². The van der Waals surface area contributed by atoms with Crippen molar-refractivity contribution < 1.29 is 43.0 Å². The molecule has 5 amide bonds. The number of nitrogens with two attached hydrogens (primary N) is 1. The van der Waals surface area contributed by atoms with Gasteiger partial charge in [-0.2, -0.15) is 0 Å². The van der Waals surface area contributed by atoms with Crippen LogP contribution in [0.15, 0.2) is 54.6 Å². The number of hydrogen-bond donors (Lipinski definition) is 5. The van der Waals surface area contributed by atoms with Gasteiger partial charge in [-0.3, -0.25) is 19.2 Å². The molecule has 0 spiro atoms. The summed E-state index contributed by atoms with van der Waals surface area (Å²) in [6.07, 6.45) is -0.729. The molecule has 2 rings (SSSR count). The number of methoxy groups -OCH3 is 1. The summed E-state index contributed by atoms with van der Waals surface area (Å²) in [5.74, 6) is -2.90. The lowest BCUT2D eigenvalue weighted by molar-refractivity contribution is -0.146. The first-order valence-electron chi connectivity index (χ1n) is 17.9. The normalized spacial score (nSPS) is 13.5. The molecular formula is C39H57N5O9. The van der Waals surface area contributed by atoms with Gasteiger partial charge in [0.1, 0.15) is 42.1 Å². The summed E-state index contributed by atoms with van der Waals surface area (Å²) in [5.41, 5.74) is 6.21. The molecule has 2 aromatic carbocycles. The Morgan fingerprint density at radius 2 is 1.21 bits per heavy atom. The van der Waals surface area contributed by atoms with Crippen LogP contribution in [0.2, 0.25) is 0 Å². The second-order valence-corrected chi connectivity index (χ2v) is 14.8. The quantitative estimate of drug-likeness (QED) is 0.126. The van der Waals surface area contributed by atoms with E-state index in [1.165, 1.54) is 7.11 Å². The van der Waals surface area contributed by atoms with Gasteiger partial charge in [-0.25, -0.2) is 9.59 Å². The highest BCUT2D eigenvalue weighted by molar-refractivity contribution is 5.95. The highest BCUT2D eigenvalue weighted by Gasteiger charge is 2.33. The van der Waals surface area contributed by atoms with E-state index in [9.17, 15) is 28.8 Å². The van der Waals surface area contributed by atoms with Crippen molar-refractivity contribution in [3.05, 3.63) is 65.7 Å². The summed E-state index contributed by atoms with van der Waals surface area (Å²) in [4.78, 5) is 78.2. The Labute approximate surface area is 312 Å². The van der Waals surface area contributed by atoms with Crippen molar-refractivity contribution in [3.8, 4) is 5.75 Å². The number of rotatable bonds is 20. The summed E-state index contributed by atoms with van der Waals surface area (Å²) in [5, 5.41) is 10.6. The van der Waals surface area contributed by atoms with Crippen molar-refractivity contribution in [3.63, 3.8) is 0 Å². The van der Waals surface area contributed by atoms with Gasteiger partial charge < -0.3 is 41.2 Å². The van der Waals surface area contributed by atoms with Gasteiger partial charge in [0, 0.05) is 12.8 Å². The Kier molecular flexibility index (Phi) is 17.8. The zero-order chi connectivity index (χ0) is 39.7. The van der Waals surface area contributed by atoms with Gasteiger partial charge in [-0.1, -0.05) is 70.2 Å². The highest BCUT2D eigenvalue weighted by Crippen LogP contribution is 2.17. The Morgan fingerprint density at radius 3 is 1.75 bits per heavy atom. The van der Waals surface area contributed by atoms with Gasteiger partial charge in [0.25, 0.3) is 0 Å². The SMILES string of the molecule is COC(=O)[C@H](CC(C)C)NC(=O)[C@H](CCC(N)=O)NC(=O)[C@@H](Cc1ccc(OCc2ccccc2)cc1)NC(=O)[C@@H](CC(C)C)NC(=O)OC(C)(C)C. The lowest BCUT2D eigenvalue weighted by atomic mass is 10.0. The summed E-state index contributed by atoms with van der Waals surface area (Å²) in [6, 6.07) is 12.0. The Morgan fingerprint density at radius 1 is 0.679 bits per heavy atom. The molecule has 0 saturated heterocycles. The van der Waals surface area contributed by atoms with Crippen LogP contribution in [0.1, 0.15) is 85.3 Å². The molecule has 14 nitrogen and oxygen atoms in total. The van der Waals surface area contributed by atoms with Gasteiger partial charge >= 0.3 is 12.1 Å². The number of benzene rings is 2. The number of esters is 1. The molecule has 0 aliphatic heterocycles. The first kappa shape index (κ1) is 44.0. The Bertz CT molecular complexity index is 1510. The van der Waals surface area contributed by atoms with Gasteiger partial charge in [-0.15, -0.1) is 0 Å². The molecular weight excluding hydrogens is 682 g/mol. The van der Waals surface area contributed by atoms with Crippen LogP contribution in [0, 0.1) is 11.8 Å². The topological polar surface area (TPSA) is 204 Å². The average Bonchev–Trinajstić information content (AvgIpc) is 3.07. The van der Waals surface area contributed by atoms with Crippen molar-refractivity contribution in [2.24, 2.45) is 17.6 Å². The monoisotopic (exact) mass is 739 g/mol. The summed E-state index contributed by atoms with van der Waals surface area (Å²) in [6.45, 7) is 12.9. The second-order valence-electron chi connectivity index (χ2n) is 14.8. The number of amides is 5. The number of alkyl carbamates (subject to hydrolysis) is 1. The number of hydrogen-bond acceptors (Lipinski definition) is 9. The number of carbonyl (C=O) groups is 6. The maximum absolute atomic E-state index is 14.0. The van der Waals surface area contributed by atoms with E-state index in [1.54, 1.807) is 45.0 Å². The minimum absolute atomic E-state index is 0.0142. The smallest absolute Gasteiger partial charge is 0.408 e. The van der Waals surface area contributed by atoms with Gasteiger partial charge in [-0.05, 0) is 75.1 Å². The number of nitrogens with one attached hydrogen (secondary N) is 4. The van der Waals surface area contributed by atoms with Crippen molar-refractivity contribution in [1.82, 2.24) is 21.3 Å². The van der Waals surface area contributed by atoms with Crippen molar-refractivity contribution in [2.75, 3.05) is 7.11 Å². The molecule has 2 aromatic rings. The van der Waals surface area contributed by atoms with Gasteiger partial charge in [0.2, 0.25) is 23.6 Å². The molecule has 0 bridgehead atoms. The van der Waals surface area contributed by atoms with Crippen molar-refractivity contribution in [2.45, 2.75) is 117 Å². The maximum Gasteiger partial charge on any atom is 0.408 e. The molecule has 0 heterocycles. The van der Waals surface area contributed by atoms with E-state index in [-0.39, 0.29) is 43.9 Å². The van der Waals surface area contributed by atoms with Crippen molar-refractivity contribution >= 4 is 35.7 Å². The zero-order valence-electron chi connectivity index (χ0n) is 32.2. The standard InChI is InChI=1S/C39H57N5O9/c1-24(2)20-30(44-38(50)53-39(5,6)7)35(47)42-31(22-26-14-16-28(17-15-26)52-23-27-12-10-9-11-13-27)36(48)41-29(18-19-33(40)45)34(46)43-32(21-25(3)4)37(49)51-8/h9-17,24-25,29-32H,18-23H2,1-8H3,(H2,40,45)(H,41,48)(H,42,47)(H,43,46)(H,44,50)/t29-,30+,31+,32-/m0/s1. The molecule has 4 atom stereocenters. The van der Waals surface area contributed by atoms with Crippen LogP contribution in [0.25, 0.3) is 0 Å². The molecule has 53 heavy (non-hydrogen) atoms.